The molecule has 0 amide bonds. The van der Waals surface area contributed by atoms with E-state index in [4.69, 9.17) is 14.0 Å². The van der Waals surface area contributed by atoms with Crippen molar-refractivity contribution in [3.63, 3.8) is 0 Å². The van der Waals surface area contributed by atoms with Gasteiger partial charge in [-0.15, -0.1) is 0 Å². The van der Waals surface area contributed by atoms with E-state index in [1.807, 2.05) is 13.8 Å². The molecule has 0 radical (unpaired) electrons. The number of methoxy groups -OCH3 is 1. The molecule has 1 heterocycles. The van der Waals surface area contributed by atoms with Crippen molar-refractivity contribution in [2.45, 2.75) is 33.3 Å². The van der Waals surface area contributed by atoms with Crippen LogP contribution >= 0.6 is 0 Å². The molecule has 1 rings (SSSR count). The van der Waals surface area contributed by atoms with E-state index in [-0.39, 0.29) is 18.7 Å². The van der Waals surface area contributed by atoms with Crippen molar-refractivity contribution in [3.05, 3.63) is 12.1 Å². The number of ether oxygens (including phenoxy) is 1. The van der Waals surface area contributed by atoms with Gasteiger partial charge in [-0.1, -0.05) is 12.1 Å². The van der Waals surface area contributed by atoms with E-state index < -0.39 is 5.41 Å². The second kappa shape index (κ2) is 4.59. The van der Waals surface area contributed by atoms with Gasteiger partial charge in [-0.3, -0.25) is 4.79 Å². The van der Waals surface area contributed by atoms with E-state index in [0.717, 1.165) is 0 Å². The van der Waals surface area contributed by atoms with Crippen molar-refractivity contribution < 1.29 is 18.8 Å². The van der Waals surface area contributed by atoms with Crippen molar-refractivity contribution >= 4 is 13.1 Å². The second-order valence-corrected chi connectivity index (χ2v) is 5.13. The fourth-order valence-corrected chi connectivity index (χ4v) is 1.41. The molecule has 0 aromatic heterocycles. The van der Waals surface area contributed by atoms with Crippen LogP contribution in [0.15, 0.2) is 12.1 Å². The summed E-state index contributed by atoms with van der Waals surface area (Å²) in [6.07, 6.45) is 1.75. The minimum atomic E-state index is -0.659. The zero-order valence-corrected chi connectivity index (χ0v) is 10.6. The lowest BCUT2D eigenvalue weighted by Gasteiger charge is -2.17. The summed E-state index contributed by atoms with van der Waals surface area (Å²) in [5, 5.41) is 0. The molecule has 0 aromatic rings. The molecule has 90 valence electrons. The zero-order chi connectivity index (χ0) is 12.4. The maximum absolute atomic E-state index is 11.4. The van der Waals surface area contributed by atoms with Gasteiger partial charge >= 0.3 is 13.1 Å². The van der Waals surface area contributed by atoms with Crippen molar-refractivity contribution in [2.75, 3.05) is 13.7 Å². The zero-order valence-electron chi connectivity index (χ0n) is 10.6. The lowest BCUT2D eigenvalue weighted by molar-refractivity contribution is -0.148. The van der Waals surface area contributed by atoms with Crippen LogP contribution < -0.4 is 0 Å². The third-order valence-corrected chi connectivity index (χ3v) is 2.41. The lowest BCUT2D eigenvalue weighted by atomic mass is 9.83. The third-order valence-electron chi connectivity index (χ3n) is 2.41. The molecule has 0 aliphatic carbocycles. The summed E-state index contributed by atoms with van der Waals surface area (Å²) in [6, 6.07) is 0. The fraction of sp³-hybridized carbons (Fsp3) is 0.727. The van der Waals surface area contributed by atoms with Gasteiger partial charge < -0.3 is 14.0 Å². The smallest absolute Gasteiger partial charge is 0.468 e. The number of esters is 1. The number of hydrogen-bond acceptors (Lipinski definition) is 4. The Morgan fingerprint density at radius 2 is 2.12 bits per heavy atom. The molecule has 1 aliphatic rings. The maximum Gasteiger partial charge on any atom is 0.486 e. The summed E-state index contributed by atoms with van der Waals surface area (Å²) in [4.78, 5) is 11.4. The summed E-state index contributed by atoms with van der Waals surface area (Å²) < 4.78 is 15.7. The Kier molecular flexibility index (Phi) is 3.81. The van der Waals surface area contributed by atoms with Gasteiger partial charge in [-0.2, -0.15) is 0 Å². The summed E-state index contributed by atoms with van der Waals surface area (Å²) in [6.45, 7) is 8.06. The minimum absolute atomic E-state index is 0.260. The highest BCUT2D eigenvalue weighted by Gasteiger charge is 2.36. The largest absolute Gasteiger partial charge is 0.486 e. The van der Waals surface area contributed by atoms with Crippen LogP contribution in [0.3, 0.4) is 0 Å². The van der Waals surface area contributed by atoms with Gasteiger partial charge in [0.05, 0.1) is 24.7 Å². The van der Waals surface area contributed by atoms with Crippen molar-refractivity contribution in [3.8, 4) is 0 Å². The maximum atomic E-state index is 11.4. The van der Waals surface area contributed by atoms with Gasteiger partial charge in [0.2, 0.25) is 0 Å². The number of rotatable bonds is 3. The van der Waals surface area contributed by atoms with Crippen LogP contribution in [-0.2, 0) is 18.8 Å². The molecule has 0 aromatic carbocycles. The van der Waals surface area contributed by atoms with Crippen LogP contribution in [0.4, 0.5) is 0 Å². The second-order valence-electron chi connectivity index (χ2n) is 5.13. The summed E-state index contributed by atoms with van der Waals surface area (Å²) >= 11 is 0. The fourth-order valence-electron chi connectivity index (χ4n) is 1.41. The van der Waals surface area contributed by atoms with Crippen molar-refractivity contribution in [1.82, 2.24) is 0 Å². The van der Waals surface area contributed by atoms with Gasteiger partial charge in [0.1, 0.15) is 0 Å². The molecule has 16 heavy (non-hydrogen) atoms. The monoisotopic (exact) mass is 226 g/mol. The highest BCUT2D eigenvalue weighted by molar-refractivity contribution is 6.51. The average Bonchev–Trinajstić information content (AvgIpc) is 2.54. The summed E-state index contributed by atoms with van der Waals surface area (Å²) in [5.74, 6) is 1.48. The topological polar surface area (TPSA) is 44.8 Å². The van der Waals surface area contributed by atoms with E-state index in [1.54, 1.807) is 25.9 Å². The predicted molar refractivity (Wildman–Crippen MR) is 61.8 cm³/mol. The molecule has 1 aliphatic heterocycles. The molecule has 0 N–H and O–H groups in total. The number of carbonyl (C=O) groups excluding carboxylic acids is 1. The quantitative estimate of drug-likeness (QED) is 0.541. The SMILES string of the molecule is COC(=O)C(C)(C)C=CB1OCC(C)(C)O1. The third kappa shape index (κ3) is 3.35. The van der Waals surface area contributed by atoms with Crippen molar-refractivity contribution in [2.24, 2.45) is 5.41 Å². The Bertz CT molecular complexity index is 296. The Balaban J connectivity index is 2.58. The van der Waals surface area contributed by atoms with E-state index >= 15 is 0 Å². The summed E-state index contributed by atoms with van der Waals surface area (Å²) in [7, 11) is 1.00. The normalized spacial score (nSPS) is 20.4. The highest BCUT2D eigenvalue weighted by atomic mass is 16.7. The average molecular weight is 226 g/mol. The van der Waals surface area contributed by atoms with Crippen LogP contribution in [-0.4, -0.2) is 32.4 Å². The molecule has 4 nitrogen and oxygen atoms in total. The molecule has 0 spiro atoms. The van der Waals surface area contributed by atoms with Crippen molar-refractivity contribution in [1.29, 1.82) is 0 Å². The Morgan fingerprint density at radius 1 is 1.50 bits per heavy atom. The lowest BCUT2D eigenvalue weighted by Crippen LogP contribution is -2.26. The first kappa shape index (κ1) is 13.3. The van der Waals surface area contributed by atoms with Gasteiger partial charge in [0, 0.05) is 0 Å². The highest BCUT2D eigenvalue weighted by Crippen LogP contribution is 2.23. The summed E-state index contributed by atoms with van der Waals surface area (Å²) in [5.41, 5.74) is -0.918. The van der Waals surface area contributed by atoms with E-state index in [0.29, 0.717) is 6.61 Å². The molecule has 0 bridgehead atoms. The molecule has 1 saturated heterocycles. The number of carbonyl (C=O) groups is 1. The standard InChI is InChI=1S/C11H19BO4/c1-10(2,9(13)14-5)6-7-12-15-8-11(3,4)16-12/h6-7H,8H2,1-5H3. The first-order chi connectivity index (χ1) is 7.27. The Labute approximate surface area is 97.1 Å². The van der Waals surface area contributed by atoms with Crippen LogP contribution in [0.2, 0.25) is 0 Å². The Hall–Kier alpha value is -0.805. The first-order valence-corrected chi connectivity index (χ1v) is 5.34. The predicted octanol–water partition coefficient (Wildman–Crippen LogP) is 1.59. The molecule has 5 heteroatoms. The van der Waals surface area contributed by atoms with E-state index in [1.165, 1.54) is 7.11 Å². The van der Waals surface area contributed by atoms with E-state index in [9.17, 15) is 4.79 Å². The number of hydrogen-bond donors (Lipinski definition) is 0. The van der Waals surface area contributed by atoms with Gasteiger partial charge in [-0.25, -0.2) is 0 Å². The van der Waals surface area contributed by atoms with Crippen LogP contribution in [0.1, 0.15) is 27.7 Å². The molecule has 0 saturated carbocycles. The molecular weight excluding hydrogens is 207 g/mol. The van der Waals surface area contributed by atoms with Crippen LogP contribution in [0, 0.1) is 5.41 Å². The molecule has 1 fully saturated rings. The van der Waals surface area contributed by atoms with Gasteiger partial charge in [0.15, 0.2) is 0 Å². The molecule has 0 atom stereocenters. The van der Waals surface area contributed by atoms with Gasteiger partial charge in [-0.05, 0) is 27.7 Å². The van der Waals surface area contributed by atoms with Gasteiger partial charge in [0.25, 0.3) is 0 Å². The minimum Gasteiger partial charge on any atom is -0.468 e. The Morgan fingerprint density at radius 3 is 2.56 bits per heavy atom. The van der Waals surface area contributed by atoms with Crippen LogP contribution in [0.5, 0.6) is 0 Å². The molecule has 0 unspecified atom stereocenters. The van der Waals surface area contributed by atoms with Crippen LogP contribution in [0.25, 0.3) is 0 Å². The molecular formula is C11H19BO4. The first-order valence-electron chi connectivity index (χ1n) is 5.34. The van der Waals surface area contributed by atoms with E-state index in [2.05, 4.69) is 0 Å².